The normalized spacial score (nSPS) is 15.6. The van der Waals surface area contributed by atoms with E-state index in [1.807, 2.05) is 60.3 Å². The van der Waals surface area contributed by atoms with Crippen LogP contribution in [0.1, 0.15) is 59.3 Å². The fourth-order valence-electron chi connectivity index (χ4n) is 7.91. The molecule has 5 aromatic rings. The van der Waals surface area contributed by atoms with E-state index >= 15 is 0 Å². The number of nitrogens with zero attached hydrogens (tertiary/aromatic N) is 5. The van der Waals surface area contributed by atoms with Gasteiger partial charge in [0.05, 0.1) is 45.6 Å². The molecule has 1 fully saturated rings. The van der Waals surface area contributed by atoms with Crippen molar-refractivity contribution in [2.75, 3.05) is 52.1 Å². The summed E-state index contributed by atoms with van der Waals surface area (Å²) in [7, 11) is 3.81. The number of rotatable bonds is 14. The van der Waals surface area contributed by atoms with Gasteiger partial charge in [-0.25, -0.2) is 4.98 Å². The van der Waals surface area contributed by atoms with E-state index in [1.54, 1.807) is 30.3 Å². The van der Waals surface area contributed by atoms with Crippen molar-refractivity contribution in [2.24, 2.45) is 5.92 Å². The summed E-state index contributed by atoms with van der Waals surface area (Å²) >= 11 is 6.72. The third kappa shape index (κ3) is 9.72. The molecular weight excluding hydrogens is 756 g/mol. The number of halogens is 1. The number of fused-ring (bicyclic) bond motifs is 3. The van der Waals surface area contributed by atoms with Gasteiger partial charge >= 0.3 is 0 Å². The van der Waals surface area contributed by atoms with E-state index in [-0.39, 0.29) is 35.7 Å². The van der Waals surface area contributed by atoms with Crippen LogP contribution in [-0.4, -0.2) is 99.6 Å². The topological polar surface area (TPSA) is 162 Å². The number of nitrogens with one attached hydrogen (secondary N) is 3. The molecule has 2 aliphatic rings. The number of aromatic nitrogens is 3. The molecule has 3 amide bonds. The van der Waals surface area contributed by atoms with Crippen molar-refractivity contribution in [3.05, 3.63) is 111 Å². The van der Waals surface area contributed by atoms with E-state index in [0.29, 0.717) is 104 Å². The number of hydrogen-bond acceptors (Lipinski definition) is 9. The molecule has 1 unspecified atom stereocenters. The van der Waals surface area contributed by atoms with E-state index < -0.39 is 5.60 Å². The Morgan fingerprint density at radius 3 is 2.57 bits per heavy atom. The molecule has 1 atom stereocenters. The zero-order chi connectivity index (χ0) is 40.8. The molecule has 2 aliphatic heterocycles. The predicted octanol–water partition coefficient (Wildman–Crippen LogP) is 4.56. The maximum Gasteiger partial charge on any atom is 0.261 e. The van der Waals surface area contributed by atoms with Gasteiger partial charge in [0.1, 0.15) is 0 Å². The molecule has 13 nitrogen and oxygen atoms in total. The summed E-state index contributed by atoms with van der Waals surface area (Å²) in [5.41, 5.74) is 3.77. The number of aliphatic hydroxyl groups is 1. The third-order valence-electron chi connectivity index (χ3n) is 11.3. The van der Waals surface area contributed by atoms with Gasteiger partial charge in [0.25, 0.3) is 11.5 Å². The molecule has 0 bridgehead atoms. The minimum Gasteiger partial charge on any atom is -0.388 e. The number of hydrogen-bond donors (Lipinski definition) is 4. The highest BCUT2D eigenvalue weighted by Crippen LogP contribution is 2.31. The molecule has 58 heavy (non-hydrogen) atoms. The average Bonchev–Trinajstić information content (AvgIpc) is 3.22. The van der Waals surface area contributed by atoms with Gasteiger partial charge in [0.15, 0.2) is 0 Å². The second-order valence-corrected chi connectivity index (χ2v) is 16.2. The monoisotopic (exact) mass is 806 g/mol. The molecule has 14 heteroatoms. The Balaban J connectivity index is 0.947. The number of pyridine rings is 1. The molecule has 0 saturated carbocycles. The van der Waals surface area contributed by atoms with E-state index in [2.05, 4.69) is 20.9 Å². The number of benzene rings is 3. The summed E-state index contributed by atoms with van der Waals surface area (Å²) in [4.78, 5) is 66.1. The lowest BCUT2D eigenvalue weighted by Gasteiger charge is -2.39. The smallest absolute Gasteiger partial charge is 0.261 e. The maximum atomic E-state index is 14.1. The Hall–Kier alpha value is -5.21. The van der Waals surface area contributed by atoms with Gasteiger partial charge in [-0.1, -0.05) is 48.0 Å². The van der Waals surface area contributed by atoms with Crippen LogP contribution >= 0.6 is 11.6 Å². The Bertz CT molecular complexity index is 2360. The molecule has 0 spiro atoms. The van der Waals surface area contributed by atoms with Gasteiger partial charge in [0.2, 0.25) is 11.8 Å². The molecule has 7 rings (SSSR count). The summed E-state index contributed by atoms with van der Waals surface area (Å²) in [5.74, 6) is -0.627. The zero-order valence-corrected chi connectivity index (χ0v) is 33.9. The fraction of sp³-hybridized carbons (Fsp3) is 0.409. The Labute approximate surface area is 342 Å². The van der Waals surface area contributed by atoms with Gasteiger partial charge in [-0.15, -0.1) is 0 Å². The number of carbonyl (C=O) groups excluding carboxylic acids is 3. The number of likely N-dealkylation sites (tertiary alicyclic amines) is 1. The van der Waals surface area contributed by atoms with Crippen LogP contribution in [0.5, 0.6) is 0 Å². The van der Waals surface area contributed by atoms with Gasteiger partial charge < -0.3 is 30.9 Å². The quantitative estimate of drug-likeness (QED) is 0.118. The molecule has 0 aliphatic carbocycles. The lowest BCUT2D eigenvalue weighted by Crippen LogP contribution is -2.51. The molecule has 3 aromatic carbocycles. The van der Waals surface area contributed by atoms with E-state index in [1.165, 1.54) is 10.9 Å². The number of anilines is 1. The van der Waals surface area contributed by atoms with Crippen molar-refractivity contribution >= 4 is 56.8 Å². The highest BCUT2D eigenvalue weighted by Gasteiger charge is 2.36. The van der Waals surface area contributed by atoms with Crippen LogP contribution < -0.4 is 21.5 Å². The fourth-order valence-corrected chi connectivity index (χ4v) is 8.27. The largest absolute Gasteiger partial charge is 0.388 e. The maximum absolute atomic E-state index is 14.1. The third-order valence-corrected chi connectivity index (χ3v) is 11.7. The second kappa shape index (κ2) is 18.2. The number of amides is 3. The Morgan fingerprint density at radius 1 is 1.02 bits per heavy atom. The Kier molecular flexibility index (Phi) is 12.8. The van der Waals surface area contributed by atoms with Gasteiger partial charge in [0, 0.05) is 61.7 Å². The van der Waals surface area contributed by atoms with Crippen molar-refractivity contribution < 1.29 is 19.5 Å². The van der Waals surface area contributed by atoms with Crippen molar-refractivity contribution in [2.45, 2.75) is 63.6 Å². The first kappa shape index (κ1) is 41.0. The van der Waals surface area contributed by atoms with Crippen LogP contribution in [0, 0.1) is 5.92 Å². The first-order valence-electron chi connectivity index (χ1n) is 20.1. The second-order valence-electron chi connectivity index (χ2n) is 15.9. The van der Waals surface area contributed by atoms with Crippen LogP contribution in [-0.2, 0) is 35.5 Å². The van der Waals surface area contributed by atoms with E-state index in [4.69, 9.17) is 16.6 Å². The number of piperidine rings is 1. The van der Waals surface area contributed by atoms with E-state index in [0.717, 1.165) is 35.2 Å². The molecule has 2 aromatic heterocycles. The average molecular weight is 807 g/mol. The molecular formula is C44H51ClN8O5. The van der Waals surface area contributed by atoms with Crippen LogP contribution in [0.25, 0.3) is 21.8 Å². The molecule has 4 heterocycles. The van der Waals surface area contributed by atoms with Gasteiger partial charge in [-0.2, -0.15) is 0 Å². The summed E-state index contributed by atoms with van der Waals surface area (Å²) in [5, 5.41) is 22.8. The minimum atomic E-state index is -1.20. The minimum absolute atomic E-state index is 0.0154. The zero-order valence-electron chi connectivity index (χ0n) is 33.1. The highest BCUT2D eigenvalue weighted by molar-refractivity contribution is 6.36. The lowest BCUT2D eigenvalue weighted by atomic mass is 9.88. The summed E-state index contributed by atoms with van der Waals surface area (Å²) in [6, 6.07) is 20.3. The Morgan fingerprint density at radius 2 is 1.79 bits per heavy atom. The van der Waals surface area contributed by atoms with Crippen LogP contribution in [0.2, 0.25) is 5.02 Å². The SMILES string of the molecule is CN(C)CCC(=O)Nc1ccc2c(=O)n(CC3(O)CCN(C(=O)C(CCCNC(=O)c4ccc5c(Cl)c6c(nc5c4)CNCC6)Cc4ccccc4)CC3)cnc2c1. The summed E-state index contributed by atoms with van der Waals surface area (Å²) in [6.45, 7) is 3.28. The number of carbonyl (C=O) groups is 3. The predicted molar refractivity (Wildman–Crippen MR) is 226 cm³/mol. The van der Waals surface area contributed by atoms with Crippen molar-refractivity contribution in [1.29, 1.82) is 0 Å². The van der Waals surface area contributed by atoms with Gasteiger partial charge in [-0.3, -0.25) is 28.7 Å². The molecule has 1 saturated heterocycles. The van der Waals surface area contributed by atoms with Crippen molar-refractivity contribution in [3.63, 3.8) is 0 Å². The van der Waals surface area contributed by atoms with Crippen LogP contribution in [0.4, 0.5) is 5.69 Å². The first-order valence-corrected chi connectivity index (χ1v) is 20.4. The van der Waals surface area contributed by atoms with E-state index in [9.17, 15) is 24.3 Å². The highest BCUT2D eigenvalue weighted by atomic mass is 35.5. The molecule has 0 radical (unpaired) electrons. The molecule has 304 valence electrons. The first-order chi connectivity index (χ1) is 28.0. The van der Waals surface area contributed by atoms with Crippen molar-refractivity contribution in [3.8, 4) is 0 Å². The summed E-state index contributed by atoms with van der Waals surface area (Å²) < 4.78 is 1.43. The standard InChI is InChI=1S/C44H51ClN8O5/c1-51(2)20-15-39(54)49-32-11-13-35-36(25-32)48-28-53(43(35)57)27-44(58)16-21-52(22-17-44)42(56)31(23-29-7-4-3-5-8-29)9-6-18-47-41(55)30-10-12-33-37(24-30)50-38-26-46-19-14-34(38)40(33)45/h3-5,7-8,10-13,24-25,28,31,46,58H,6,9,14-23,26-27H2,1-2H3,(H,47,55)(H,49,54). The van der Waals surface area contributed by atoms with Gasteiger partial charge in [-0.05, 0) is 101 Å². The molecule has 4 N–H and O–H groups in total. The van der Waals surface area contributed by atoms with Crippen LogP contribution in [0.15, 0.2) is 77.9 Å². The van der Waals surface area contributed by atoms with Crippen LogP contribution in [0.3, 0.4) is 0 Å². The van der Waals surface area contributed by atoms with Crippen molar-refractivity contribution in [1.82, 2.24) is 35.0 Å². The summed E-state index contributed by atoms with van der Waals surface area (Å²) in [6.07, 6.45) is 4.95. The lowest BCUT2D eigenvalue weighted by molar-refractivity contribution is -0.140.